The normalized spacial score (nSPS) is 16.3. The van der Waals surface area contributed by atoms with Crippen LogP contribution in [0.5, 0.6) is 0 Å². The van der Waals surface area contributed by atoms with Crippen LogP contribution in [-0.4, -0.2) is 41.2 Å². The van der Waals surface area contributed by atoms with Gasteiger partial charge in [-0.25, -0.2) is 0 Å². The van der Waals surface area contributed by atoms with E-state index < -0.39 is 11.5 Å². The molecule has 2 N–H and O–H groups in total. The van der Waals surface area contributed by atoms with Crippen LogP contribution < -0.4 is 5.32 Å². The summed E-state index contributed by atoms with van der Waals surface area (Å²) in [6, 6.07) is 7.04. The van der Waals surface area contributed by atoms with Crippen molar-refractivity contribution in [3.8, 4) is 0 Å². The third-order valence-electron chi connectivity index (χ3n) is 4.45. The van der Waals surface area contributed by atoms with Gasteiger partial charge in [-0.3, -0.25) is 14.6 Å². The lowest BCUT2D eigenvalue weighted by Gasteiger charge is -2.28. The van der Waals surface area contributed by atoms with Gasteiger partial charge in [0.05, 0.1) is 29.6 Å². The molecule has 1 heterocycles. The smallest absolute Gasteiger partial charge is 0.305 e. The largest absolute Gasteiger partial charge is 0.481 e. The second kappa shape index (κ2) is 7.21. The number of halogens is 1. The van der Waals surface area contributed by atoms with Crippen LogP contribution in [0.4, 0.5) is 0 Å². The Morgan fingerprint density at radius 2 is 2.12 bits per heavy atom. The molecule has 2 aromatic rings. The summed E-state index contributed by atoms with van der Waals surface area (Å²) in [5.74, 6) is -0.987. The fourth-order valence-corrected chi connectivity index (χ4v) is 3.29. The molecule has 1 unspecified atom stereocenters. The number of aliphatic carboxylic acids is 1. The molecule has 1 aromatic heterocycles. The average molecular weight is 377 g/mol. The highest BCUT2D eigenvalue weighted by Crippen LogP contribution is 2.40. The molecular formula is C19H21ClN2O4. The van der Waals surface area contributed by atoms with E-state index in [1.165, 1.54) is 7.11 Å². The Labute approximate surface area is 156 Å². The van der Waals surface area contributed by atoms with Crippen LogP contribution in [0.1, 0.15) is 48.2 Å². The molecule has 26 heavy (non-hydrogen) atoms. The standard InChI is InChI=1S/C19H21ClN2O4/c1-19(10-26-2,9-17(23)24)22-18(25)14-8-16(11-3-4-11)21-15-6-5-12(20)7-13(14)15/h5-8,11H,3-4,9-10H2,1-2H3,(H,22,25)(H,23,24). The number of ether oxygens (including phenoxy) is 1. The summed E-state index contributed by atoms with van der Waals surface area (Å²) >= 11 is 6.10. The number of pyridine rings is 1. The molecule has 1 aromatic carbocycles. The van der Waals surface area contributed by atoms with Crippen LogP contribution in [0, 0.1) is 0 Å². The SMILES string of the molecule is COCC(C)(CC(=O)O)NC(=O)c1cc(C2CC2)nc2ccc(Cl)cc12. The van der Waals surface area contributed by atoms with Gasteiger partial charge in [-0.2, -0.15) is 0 Å². The minimum atomic E-state index is -1.02. The molecule has 6 nitrogen and oxygen atoms in total. The lowest BCUT2D eigenvalue weighted by Crippen LogP contribution is -2.50. The first-order valence-corrected chi connectivity index (χ1v) is 8.82. The van der Waals surface area contributed by atoms with Gasteiger partial charge in [0, 0.05) is 29.1 Å². The summed E-state index contributed by atoms with van der Waals surface area (Å²) in [5.41, 5.74) is 1.02. The summed E-state index contributed by atoms with van der Waals surface area (Å²) in [6.45, 7) is 1.74. The number of rotatable bonds is 7. The van der Waals surface area contributed by atoms with E-state index in [1.807, 2.05) is 0 Å². The Kier molecular flexibility index (Phi) is 5.16. The highest BCUT2D eigenvalue weighted by Gasteiger charge is 2.32. The molecule has 0 bridgehead atoms. The number of methoxy groups -OCH3 is 1. The minimum absolute atomic E-state index is 0.0876. The van der Waals surface area contributed by atoms with E-state index in [9.17, 15) is 9.59 Å². The van der Waals surface area contributed by atoms with E-state index >= 15 is 0 Å². The van der Waals surface area contributed by atoms with Crippen molar-refractivity contribution in [1.82, 2.24) is 10.3 Å². The van der Waals surface area contributed by atoms with Gasteiger partial charge in [0.2, 0.25) is 0 Å². The van der Waals surface area contributed by atoms with E-state index in [-0.39, 0.29) is 18.9 Å². The Morgan fingerprint density at radius 3 is 2.73 bits per heavy atom. The van der Waals surface area contributed by atoms with Crippen molar-refractivity contribution < 1.29 is 19.4 Å². The highest BCUT2D eigenvalue weighted by atomic mass is 35.5. The quantitative estimate of drug-likeness (QED) is 0.773. The van der Waals surface area contributed by atoms with Crippen molar-refractivity contribution in [1.29, 1.82) is 0 Å². The number of carbonyl (C=O) groups is 2. The minimum Gasteiger partial charge on any atom is -0.481 e. The number of fused-ring (bicyclic) bond motifs is 1. The molecule has 1 aliphatic rings. The zero-order valence-corrected chi connectivity index (χ0v) is 15.5. The maximum atomic E-state index is 13.0. The summed E-state index contributed by atoms with van der Waals surface area (Å²) < 4.78 is 5.11. The summed E-state index contributed by atoms with van der Waals surface area (Å²) in [7, 11) is 1.47. The van der Waals surface area contributed by atoms with Crippen LogP contribution >= 0.6 is 11.6 Å². The molecule has 1 atom stereocenters. The number of benzene rings is 1. The Bertz CT molecular complexity index is 866. The topological polar surface area (TPSA) is 88.5 Å². The molecule has 0 saturated heterocycles. The van der Waals surface area contributed by atoms with Gasteiger partial charge >= 0.3 is 5.97 Å². The number of amides is 1. The maximum absolute atomic E-state index is 13.0. The predicted octanol–water partition coefficient (Wildman–Crippen LogP) is 3.38. The van der Waals surface area contributed by atoms with Crippen molar-refractivity contribution in [3.05, 3.63) is 40.5 Å². The van der Waals surface area contributed by atoms with Crippen molar-refractivity contribution in [2.45, 2.75) is 37.6 Å². The third kappa shape index (κ3) is 4.14. The molecule has 1 saturated carbocycles. The van der Waals surface area contributed by atoms with E-state index in [1.54, 1.807) is 31.2 Å². The molecule has 7 heteroatoms. The fourth-order valence-electron chi connectivity index (χ4n) is 3.12. The molecule has 3 rings (SSSR count). The van der Waals surface area contributed by atoms with E-state index in [4.69, 9.17) is 21.4 Å². The van der Waals surface area contributed by atoms with Gasteiger partial charge in [0.1, 0.15) is 0 Å². The van der Waals surface area contributed by atoms with Crippen LogP contribution in [-0.2, 0) is 9.53 Å². The number of nitrogens with zero attached hydrogens (tertiary/aromatic N) is 1. The van der Waals surface area contributed by atoms with Crippen molar-refractivity contribution in [2.75, 3.05) is 13.7 Å². The van der Waals surface area contributed by atoms with Crippen LogP contribution in [0.2, 0.25) is 5.02 Å². The van der Waals surface area contributed by atoms with E-state index in [2.05, 4.69) is 10.3 Å². The van der Waals surface area contributed by atoms with Crippen LogP contribution in [0.15, 0.2) is 24.3 Å². The monoisotopic (exact) mass is 376 g/mol. The number of hydrogen-bond donors (Lipinski definition) is 2. The third-order valence-corrected chi connectivity index (χ3v) is 4.69. The average Bonchev–Trinajstić information content (AvgIpc) is 3.37. The molecule has 1 fully saturated rings. The van der Waals surface area contributed by atoms with Gasteiger partial charge in [0.15, 0.2) is 0 Å². The van der Waals surface area contributed by atoms with E-state index in [0.29, 0.717) is 27.4 Å². The van der Waals surface area contributed by atoms with Crippen LogP contribution in [0.3, 0.4) is 0 Å². The first kappa shape index (κ1) is 18.6. The molecule has 1 aliphatic carbocycles. The number of hydrogen-bond acceptors (Lipinski definition) is 4. The summed E-state index contributed by atoms with van der Waals surface area (Å²) in [5, 5.41) is 13.1. The first-order valence-electron chi connectivity index (χ1n) is 8.45. The fraction of sp³-hybridized carbons (Fsp3) is 0.421. The number of nitrogens with one attached hydrogen (secondary N) is 1. The number of carboxylic acids is 1. The number of aromatic nitrogens is 1. The molecule has 1 amide bonds. The first-order chi connectivity index (χ1) is 12.3. The van der Waals surface area contributed by atoms with Crippen molar-refractivity contribution in [2.24, 2.45) is 0 Å². The molecule has 0 radical (unpaired) electrons. The van der Waals surface area contributed by atoms with Crippen LogP contribution in [0.25, 0.3) is 10.9 Å². The highest BCUT2D eigenvalue weighted by molar-refractivity contribution is 6.31. The molecule has 138 valence electrons. The Morgan fingerprint density at radius 1 is 1.38 bits per heavy atom. The molecule has 0 spiro atoms. The van der Waals surface area contributed by atoms with Gasteiger partial charge in [-0.15, -0.1) is 0 Å². The maximum Gasteiger partial charge on any atom is 0.305 e. The second-order valence-corrected chi connectivity index (χ2v) is 7.49. The lowest BCUT2D eigenvalue weighted by atomic mass is 9.97. The lowest BCUT2D eigenvalue weighted by molar-refractivity contribution is -0.139. The van der Waals surface area contributed by atoms with E-state index in [0.717, 1.165) is 18.5 Å². The summed E-state index contributed by atoms with van der Waals surface area (Å²) in [6.07, 6.45) is 1.88. The number of carbonyl (C=O) groups excluding carboxylic acids is 1. The Hall–Kier alpha value is -2.18. The molecular weight excluding hydrogens is 356 g/mol. The van der Waals surface area contributed by atoms with Gasteiger partial charge in [-0.05, 0) is 44.0 Å². The molecule has 0 aliphatic heterocycles. The van der Waals surface area contributed by atoms with Gasteiger partial charge in [0.25, 0.3) is 5.91 Å². The summed E-state index contributed by atoms with van der Waals surface area (Å²) in [4.78, 5) is 28.8. The number of carboxylic acid groups (broad SMARTS) is 1. The van der Waals surface area contributed by atoms with Crippen molar-refractivity contribution in [3.63, 3.8) is 0 Å². The predicted molar refractivity (Wildman–Crippen MR) is 98.7 cm³/mol. The van der Waals surface area contributed by atoms with Gasteiger partial charge in [-0.1, -0.05) is 11.6 Å². The Balaban J connectivity index is 2.00. The zero-order valence-electron chi connectivity index (χ0n) is 14.7. The van der Waals surface area contributed by atoms with Crippen molar-refractivity contribution >= 4 is 34.4 Å². The van der Waals surface area contributed by atoms with Gasteiger partial charge < -0.3 is 15.2 Å². The zero-order chi connectivity index (χ0) is 18.9. The second-order valence-electron chi connectivity index (χ2n) is 7.05.